The normalized spacial score (nSPS) is 22.9. The number of hydrogen-bond donors (Lipinski definition) is 1. The quantitative estimate of drug-likeness (QED) is 0.881. The van der Waals surface area contributed by atoms with Crippen LogP contribution in [0.15, 0.2) is 18.2 Å². The summed E-state index contributed by atoms with van der Waals surface area (Å²) < 4.78 is 13.8. The number of hydrogen-bond acceptors (Lipinski definition) is 2. The van der Waals surface area contributed by atoms with Gasteiger partial charge < -0.3 is 10.2 Å². The number of rotatable bonds is 2. The molecule has 1 atom stereocenters. The third-order valence-corrected chi connectivity index (χ3v) is 4.01. The summed E-state index contributed by atoms with van der Waals surface area (Å²) in [5.41, 5.74) is 1.77. The van der Waals surface area contributed by atoms with Crippen LogP contribution in [0, 0.1) is 18.7 Å². The molecule has 3 heteroatoms. The molecule has 1 unspecified atom stereocenters. The van der Waals surface area contributed by atoms with Crippen molar-refractivity contribution in [1.82, 2.24) is 5.32 Å². The lowest BCUT2D eigenvalue weighted by atomic mass is 9.92. The number of piperazine rings is 1. The molecule has 0 aliphatic carbocycles. The summed E-state index contributed by atoms with van der Waals surface area (Å²) in [5, 5.41) is 3.58. The Balaban J connectivity index is 2.33. The van der Waals surface area contributed by atoms with Gasteiger partial charge in [0.25, 0.3) is 0 Å². The zero-order chi connectivity index (χ0) is 14.2. The summed E-state index contributed by atoms with van der Waals surface area (Å²) in [5.74, 6) is 0.421. The molecule has 19 heavy (non-hydrogen) atoms. The number of aryl methyl sites for hydroxylation is 1. The van der Waals surface area contributed by atoms with E-state index in [-0.39, 0.29) is 11.4 Å². The molecule has 1 aromatic rings. The van der Waals surface area contributed by atoms with Crippen molar-refractivity contribution < 1.29 is 4.39 Å². The van der Waals surface area contributed by atoms with Gasteiger partial charge in [0.1, 0.15) is 5.82 Å². The molecule has 0 saturated carbocycles. The lowest BCUT2D eigenvalue weighted by Gasteiger charge is -2.47. The standard InChI is InChI=1S/C16H25FN2/c1-11(2)15-9-18-16(4,5)10-19(15)13-7-6-12(3)14(17)8-13/h6-8,11,15,18H,9-10H2,1-5H3. The molecular weight excluding hydrogens is 239 g/mol. The lowest BCUT2D eigenvalue weighted by molar-refractivity contribution is 0.277. The molecule has 106 valence electrons. The molecule has 0 amide bonds. The summed E-state index contributed by atoms with van der Waals surface area (Å²) in [6, 6.07) is 5.99. The lowest BCUT2D eigenvalue weighted by Crippen LogP contribution is -2.63. The Morgan fingerprint density at radius 2 is 2.05 bits per heavy atom. The summed E-state index contributed by atoms with van der Waals surface area (Å²) in [7, 11) is 0. The fourth-order valence-electron chi connectivity index (χ4n) is 2.73. The number of nitrogens with one attached hydrogen (secondary N) is 1. The van der Waals surface area contributed by atoms with E-state index in [4.69, 9.17) is 0 Å². The van der Waals surface area contributed by atoms with Gasteiger partial charge >= 0.3 is 0 Å². The Bertz CT molecular complexity index is 454. The minimum absolute atomic E-state index is 0.0623. The molecule has 0 aromatic heterocycles. The number of halogens is 1. The minimum Gasteiger partial charge on any atom is -0.365 e. The van der Waals surface area contributed by atoms with Crippen LogP contribution in [-0.4, -0.2) is 24.7 Å². The van der Waals surface area contributed by atoms with Crippen molar-refractivity contribution in [2.45, 2.75) is 46.2 Å². The van der Waals surface area contributed by atoms with E-state index in [0.717, 1.165) is 18.8 Å². The molecule has 2 rings (SSSR count). The monoisotopic (exact) mass is 264 g/mol. The van der Waals surface area contributed by atoms with Crippen molar-refractivity contribution >= 4 is 5.69 Å². The van der Waals surface area contributed by atoms with Gasteiger partial charge in [-0.1, -0.05) is 19.9 Å². The van der Waals surface area contributed by atoms with Crippen molar-refractivity contribution in [2.75, 3.05) is 18.0 Å². The van der Waals surface area contributed by atoms with Gasteiger partial charge in [0, 0.05) is 30.4 Å². The zero-order valence-electron chi connectivity index (χ0n) is 12.6. The van der Waals surface area contributed by atoms with Crippen molar-refractivity contribution in [3.05, 3.63) is 29.6 Å². The average Bonchev–Trinajstić information content (AvgIpc) is 2.31. The van der Waals surface area contributed by atoms with E-state index < -0.39 is 0 Å². The number of anilines is 1. The van der Waals surface area contributed by atoms with E-state index in [0.29, 0.717) is 17.5 Å². The molecule has 2 nitrogen and oxygen atoms in total. The number of benzene rings is 1. The van der Waals surface area contributed by atoms with Crippen LogP contribution in [0.3, 0.4) is 0 Å². The molecule has 0 spiro atoms. The van der Waals surface area contributed by atoms with Crippen molar-refractivity contribution in [3.8, 4) is 0 Å². The molecular formula is C16H25FN2. The fourth-order valence-corrected chi connectivity index (χ4v) is 2.73. The maximum atomic E-state index is 13.8. The second-order valence-corrected chi connectivity index (χ2v) is 6.64. The van der Waals surface area contributed by atoms with Gasteiger partial charge in [-0.15, -0.1) is 0 Å². The first-order valence-corrected chi connectivity index (χ1v) is 7.08. The van der Waals surface area contributed by atoms with Crippen molar-refractivity contribution in [1.29, 1.82) is 0 Å². The van der Waals surface area contributed by atoms with E-state index in [1.54, 1.807) is 13.0 Å². The van der Waals surface area contributed by atoms with E-state index in [1.807, 2.05) is 12.1 Å². The highest BCUT2D eigenvalue weighted by molar-refractivity contribution is 5.50. The highest BCUT2D eigenvalue weighted by Gasteiger charge is 2.34. The van der Waals surface area contributed by atoms with E-state index in [2.05, 4.69) is 37.9 Å². The molecule has 0 radical (unpaired) electrons. The Morgan fingerprint density at radius 3 is 2.63 bits per heavy atom. The minimum atomic E-state index is -0.114. The van der Waals surface area contributed by atoms with E-state index in [9.17, 15) is 4.39 Å². The first kappa shape index (κ1) is 14.3. The van der Waals surface area contributed by atoms with E-state index in [1.165, 1.54) is 0 Å². The highest BCUT2D eigenvalue weighted by atomic mass is 19.1. The highest BCUT2D eigenvalue weighted by Crippen LogP contribution is 2.28. The zero-order valence-corrected chi connectivity index (χ0v) is 12.6. The topological polar surface area (TPSA) is 15.3 Å². The molecule has 1 heterocycles. The Hall–Kier alpha value is -1.09. The second-order valence-electron chi connectivity index (χ2n) is 6.64. The van der Waals surface area contributed by atoms with Gasteiger partial charge in [-0.3, -0.25) is 0 Å². The van der Waals surface area contributed by atoms with Crippen LogP contribution in [0.4, 0.5) is 10.1 Å². The maximum absolute atomic E-state index is 13.8. The van der Waals surface area contributed by atoms with Crippen LogP contribution in [0.2, 0.25) is 0 Å². The smallest absolute Gasteiger partial charge is 0.128 e. The molecule has 1 saturated heterocycles. The van der Waals surface area contributed by atoms with Gasteiger partial charge in [-0.05, 0) is 44.4 Å². The number of nitrogens with zero attached hydrogens (tertiary/aromatic N) is 1. The molecule has 1 fully saturated rings. The van der Waals surface area contributed by atoms with Crippen LogP contribution >= 0.6 is 0 Å². The van der Waals surface area contributed by atoms with Crippen LogP contribution in [0.1, 0.15) is 33.3 Å². The summed E-state index contributed by atoms with van der Waals surface area (Å²) in [6.45, 7) is 12.5. The maximum Gasteiger partial charge on any atom is 0.128 e. The predicted molar refractivity (Wildman–Crippen MR) is 79.2 cm³/mol. The van der Waals surface area contributed by atoms with Gasteiger partial charge in [0.15, 0.2) is 0 Å². The molecule has 1 aliphatic heterocycles. The first-order valence-electron chi connectivity index (χ1n) is 7.08. The summed E-state index contributed by atoms with van der Waals surface area (Å²) >= 11 is 0. The summed E-state index contributed by atoms with van der Waals surface area (Å²) in [4.78, 5) is 2.35. The Kier molecular flexibility index (Phi) is 3.86. The van der Waals surface area contributed by atoms with Crippen molar-refractivity contribution in [2.24, 2.45) is 5.92 Å². The first-order chi connectivity index (χ1) is 8.80. The Morgan fingerprint density at radius 1 is 1.37 bits per heavy atom. The van der Waals surface area contributed by atoms with Crippen LogP contribution in [-0.2, 0) is 0 Å². The largest absolute Gasteiger partial charge is 0.365 e. The molecule has 0 bridgehead atoms. The van der Waals surface area contributed by atoms with E-state index >= 15 is 0 Å². The Labute approximate surface area is 116 Å². The SMILES string of the molecule is Cc1ccc(N2CC(C)(C)NCC2C(C)C)cc1F. The van der Waals surface area contributed by atoms with Gasteiger partial charge in [-0.2, -0.15) is 0 Å². The second kappa shape index (κ2) is 5.12. The van der Waals surface area contributed by atoms with Crippen LogP contribution in [0.5, 0.6) is 0 Å². The summed E-state index contributed by atoms with van der Waals surface area (Å²) in [6.07, 6.45) is 0. The third-order valence-electron chi connectivity index (χ3n) is 4.01. The van der Waals surface area contributed by atoms with Crippen LogP contribution in [0.25, 0.3) is 0 Å². The predicted octanol–water partition coefficient (Wildman–Crippen LogP) is 3.35. The van der Waals surface area contributed by atoms with Gasteiger partial charge in [0.2, 0.25) is 0 Å². The fraction of sp³-hybridized carbons (Fsp3) is 0.625. The molecule has 1 aromatic carbocycles. The molecule has 1 N–H and O–H groups in total. The van der Waals surface area contributed by atoms with Gasteiger partial charge in [-0.25, -0.2) is 4.39 Å². The van der Waals surface area contributed by atoms with Gasteiger partial charge in [0.05, 0.1) is 0 Å². The van der Waals surface area contributed by atoms with Crippen molar-refractivity contribution in [3.63, 3.8) is 0 Å². The van der Waals surface area contributed by atoms with Crippen LogP contribution < -0.4 is 10.2 Å². The third kappa shape index (κ3) is 3.08. The molecule has 1 aliphatic rings. The average molecular weight is 264 g/mol.